The lowest BCUT2D eigenvalue weighted by Gasteiger charge is -2.34. The molecule has 3 N–H and O–H groups in total. The van der Waals surface area contributed by atoms with E-state index in [9.17, 15) is 0 Å². The summed E-state index contributed by atoms with van der Waals surface area (Å²) in [6, 6.07) is 5.54. The molecule has 0 radical (unpaired) electrons. The van der Waals surface area contributed by atoms with Gasteiger partial charge in [-0.05, 0) is 31.2 Å². The number of nitrogens with zero attached hydrogens (tertiary/aromatic N) is 1. The van der Waals surface area contributed by atoms with Crippen LogP contribution in [0.4, 0.5) is 5.69 Å². The molecule has 1 aliphatic heterocycles. The molecule has 2 rings (SSSR count). The quantitative estimate of drug-likeness (QED) is 0.381. The van der Waals surface area contributed by atoms with Gasteiger partial charge in [-0.1, -0.05) is 0 Å². The van der Waals surface area contributed by atoms with E-state index in [2.05, 4.69) is 16.6 Å². The van der Waals surface area contributed by atoms with Crippen LogP contribution in [0, 0.1) is 0 Å². The summed E-state index contributed by atoms with van der Waals surface area (Å²) in [5, 5.41) is 3.10. The molecule has 0 unspecified atom stereocenters. The highest BCUT2D eigenvalue weighted by Crippen LogP contribution is 2.34. The van der Waals surface area contributed by atoms with Gasteiger partial charge in [0, 0.05) is 29.7 Å². The lowest BCUT2D eigenvalue weighted by atomic mass is 9.99. The normalized spacial score (nSPS) is 16.9. The summed E-state index contributed by atoms with van der Waals surface area (Å²) in [4.78, 5) is 4.52. The van der Waals surface area contributed by atoms with E-state index in [0.717, 1.165) is 31.7 Å². The number of rotatable bonds is 6. The van der Waals surface area contributed by atoms with Gasteiger partial charge < -0.3 is 25.3 Å². The Morgan fingerprint density at radius 2 is 1.96 bits per heavy atom. The predicted molar refractivity (Wildman–Crippen MR) is 111 cm³/mol. The van der Waals surface area contributed by atoms with Gasteiger partial charge in [-0.15, -0.1) is 24.0 Å². The van der Waals surface area contributed by atoms with Crippen molar-refractivity contribution in [3.8, 4) is 11.5 Å². The summed E-state index contributed by atoms with van der Waals surface area (Å²) in [6.07, 6.45) is 4.13. The second-order valence-corrected chi connectivity index (χ2v) is 6.67. The van der Waals surface area contributed by atoms with Crippen LogP contribution in [0.2, 0.25) is 0 Å². The Balaban J connectivity index is 0.00000288. The van der Waals surface area contributed by atoms with Crippen molar-refractivity contribution in [2.45, 2.75) is 17.6 Å². The van der Waals surface area contributed by atoms with E-state index < -0.39 is 0 Å². The van der Waals surface area contributed by atoms with E-state index in [4.69, 9.17) is 19.9 Å². The second-order valence-electron chi connectivity index (χ2n) is 5.40. The number of guanidine groups is 1. The molecule has 0 aliphatic carbocycles. The van der Waals surface area contributed by atoms with Gasteiger partial charge in [-0.2, -0.15) is 11.8 Å². The number of anilines is 1. The second kappa shape index (κ2) is 10.2. The smallest absolute Gasteiger partial charge is 0.193 e. The zero-order valence-electron chi connectivity index (χ0n) is 14.3. The van der Waals surface area contributed by atoms with Crippen LogP contribution < -0.4 is 20.5 Å². The molecule has 0 bridgehead atoms. The first-order valence-electron chi connectivity index (χ1n) is 7.54. The Hall–Kier alpha value is -0.870. The zero-order valence-corrected chi connectivity index (χ0v) is 17.5. The van der Waals surface area contributed by atoms with Crippen LogP contribution in [-0.4, -0.2) is 50.9 Å². The Labute approximate surface area is 164 Å². The van der Waals surface area contributed by atoms with Gasteiger partial charge in [0.25, 0.3) is 0 Å². The molecular weight excluding hydrogens is 441 g/mol. The fraction of sp³-hybridized carbons (Fsp3) is 0.562. The van der Waals surface area contributed by atoms with Gasteiger partial charge in [0.2, 0.25) is 0 Å². The maximum Gasteiger partial charge on any atom is 0.193 e. The van der Waals surface area contributed by atoms with Gasteiger partial charge in [0.1, 0.15) is 0 Å². The van der Waals surface area contributed by atoms with Crippen LogP contribution >= 0.6 is 35.7 Å². The Morgan fingerprint density at radius 3 is 2.54 bits per heavy atom. The number of halogens is 1. The molecule has 8 heteroatoms. The third-order valence-electron chi connectivity index (χ3n) is 4.03. The summed E-state index contributed by atoms with van der Waals surface area (Å²) >= 11 is 1.85. The zero-order chi connectivity index (χ0) is 16.7. The molecule has 1 aromatic rings. The molecule has 0 spiro atoms. The molecule has 1 saturated heterocycles. The largest absolute Gasteiger partial charge is 0.493 e. The highest BCUT2D eigenvalue weighted by molar-refractivity contribution is 14.0. The number of hydrogen-bond donors (Lipinski definition) is 2. The monoisotopic (exact) mass is 467 g/mol. The third kappa shape index (κ3) is 5.59. The van der Waals surface area contributed by atoms with E-state index in [1.54, 1.807) is 14.2 Å². The Morgan fingerprint density at radius 1 is 1.29 bits per heavy atom. The minimum Gasteiger partial charge on any atom is -0.493 e. The molecule has 1 fully saturated rings. The lowest BCUT2D eigenvalue weighted by molar-refractivity contribution is 0.0794. The fourth-order valence-corrected chi connectivity index (χ4v) is 3.27. The van der Waals surface area contributed by atoms with Crippen LogP contribution in [0.15, 0.2) is 23.2 Å². The molecule has 1 heterocycles. The average molecular weight is 467 g/mol. The molecule has 0 atom stereocenters. The van der Waals surface area contributed by atoms with E-state index in [-0.39, 0.29) is 28.7 Å². The van der Waals surface area contributed by atoms with E-state index >= 15 is 0 Å². The molecule has 0 saturated carbocycles. The Kier molecular flexibility index (Phi) is 8.99. The highest BCUT2D eigenvalue weighted by atomic mass is 127. The summed E-state index contributed by atoms with van der Waals surface area (Å²) in [5.41, 5.74) is 6.84. The van der Waals surface area contributed by atoms with E-state index in [1.165, 1.54) is 0 Å². The molecule has 24 heavy (non-hydrogen) atoms. The topological polar surface area (TPSA) is 78.1 Å². The maximum atomic E-state index is 6.02. The first kappa shape index (κ1) is 21.2. The van der Waals surface area contributed by atoms with Crippen LogP contribution in [-0.2, 0) is 4.74 Å². The molecule has 1 aromatic carbocycles. The molecule has 0 amide bonds. The van der Waals surface area contributed by atoms with Gasteiger partial charge in [0.15, 0.2) is 17.5 Å². The average Bonchev–Trinajstić information content (AvgIpc) is 2.60. The molecule has 136 valence electrons. The Bertz CT molecular complexity index is 551. The van der Waals surface area contributed by atoms with Crippen molar-refractivity contribution in [1.29, 1.82) is 0 Å². The lowest BCUT2D eigenvalue weighted by Crippen LogP contribution is -2.37. The maximum absolute atomic E-state index is 6.02. The number of methoxy groups -OCH3 is 2. The highest BCUT2D eigenvalue weighted by Gasteiger charge is 2.31. The third-order valence-corrected chi connectivity index (χ3v) is 5.43. The fourth-order valence-electron chi connectivity index (χ4n) is 2.50. The summed E-state index contributed by atoms with van der Waals surface area (Å²) in [5.74, 6) is 1.73. The number of hydrogen-bond acceptors (Lipinski definition) is 5. The van der Waals surface area contributed by atoms with Crippen LogP contribution in [0.25, 0.3) is 0 Å². The van der Waals surface area contributed by atoms with Crippen molar-refractivity contribution < 1.29 is 14.2 Å². The van der Waals surface area contributed by atoms with Crippen LogP contribution in [0.3, 0.4) is 0 Å². The van der Waals surface area contributed by atoms with E-state index in [0.29, 0.717) is 24.0 Å². The van der Waals surface area contributed by atoms with Gasteiger partial charge in [-0.3, -0.25) is 4.99 Å². The first-order valence-corrected chi connectivity index (χ1v) is 8.77. The summed E-state index contributed by atoms with van der Waals surface area (Å²) < 4.78 is 16.1. The summed E-state index contributed by atoms with van der Waals surface area (Å²) in [6.45, 7) is 2.27. The minimum absolute atomic E-state index is 0. The molecule has 1 aliphatic rings. The number of thioether (sulfide) groups is 1. The van der Waals surface area contributed by atoms with Crippen molar-refractivity contribution in [1.82, 2.24) is 0 Å². The van der Waals surface area contributed by atoms with Gasteiger partial charge >= 0.3 is 0 Å². The van der Waals surface area contributed by atoms with E-state index in [1.807, 2.05) is 30.0 Å². The van der Waals surface area contributed by atoms with Gasteiger partial charge in [0.05, 0.1) is 20.8 Å². The number of nitrogens with two attached hydrogens (primary N) is 1. The number of benzene rings is 1. The molecule has 6 nitrogen and oxygen atoms in total. The van der Waals surface area contributed by atoms with Crippen molar-refractivity contribution in [3.05, 3.63) is 18.2 Å². The summed E-state index contributed by atoms with van der Waals surface area (Å²) in [7, 11) is 3.21. The SMILES string of the molecule is COc1ccc(NC(N)=NCC2(SC)CCOCC2)cc1OC.I. The number of ether oxygens (including phenoxy) is 3. The number of nitrogens with one attached hydrogen (secondary N) is 1. The van der Waals surface area contributed by atoms with Crippen molar-refractivity contribution >= 4 is 47.4 Å². The van der Waals surface area contributed by atoms with Crippen molar-refractivity contribution in [2.75, 3.05) is 45.6 Å². The first-order chi connectivity index (χ1) is 11.1. The minimum atomic E-state index is 0. The predicted octanol–water partition coefficient (Wildman–Crippen LogP) is 2.96. The standard InChI is InChI=1S/C16H25N3O3S.HI/c1-20-13-5-4-12(10-14(13)21-2)19-15(17)18-11-16(23-3)6-8-22-9-7-16;/h4-5,10H,6-9,11H2,1-3H3,(H3,17,18,19);1H. The van der Waals surface area contributed by atoms with Crippen molar-refractivity contribution in [2.24, 2.45) is 10.7 Å². The number of aliphatic imine (C=N–C) groups is 1. The van der Waals surface area contributed by atoms with Crippen LogP contribution in [0.1, 0.15) is 12.8 Å². The molecular formula is C16H26IN3O3S. The van der Waals surface area contributed by atoms with Crippen molar-refractivity contribution in [3.63, 3.8) is 0 Å². The van der Waals surface area contributed by atoms with Crippen LogP contribution in [0.5, 0.6) is 11.5 Å². The molecule has 0 aromatic heterocycles. The van der Waals surface area contributed by atoms with Gasteiger partial charge in [-0.25, -0.2) is 0 Å².